The third-order valence-corrected chi connectivity index (χ3v) is 18.1. The Morgan fingerprint density at radius 2 is 0.798 bits per heavy atom. The minimum atomic E-state index is -0.212. The summed E-state index contributed by atoms with van der Waals surface area (Å²) in [5.41, 5.74) is 24.4. The lowest BCUT2D eigenvalue weighted by molar-refractivity contribution is 0.569. The average molecular weight is 1150 g/mol. The number of nitrogens with zero attached hydrogens (tertiary/aromatic N) is 5. The molecule has 16 rings (SSSR count). The van der Waals surface area contributed by atoms with Crippen LogP contribution in [0.2, 0.25) is 0 Å². The second-order valence-electron chi connectivity index (χ2n) is 25.7. The van der Waals surface area contributed by atoms with Crippen LogP contribution >= 0.6 is 0 Å². The summed E-state index contributed by atoms with van der Waals surface area (Å²) in [5, 5.41) is 14.2. The van der Waals surface area contributed by atoms with Gasteiger partial charge < -0.3 is 28.4 Å². The smallest absolute Gasteiger partial charge is 0.252 e. The van der Waals surface area contributed by atoms with E-state index in [2.05, 4.69) is 298 Å². The average Bonchev–Trinajstić information content (AvgIpc) is 1.20. The summed E-state index contributed by atoms with van der Waals surface area (Å²) < 4.78 is 13.3. The molecule has 2 aromatic heterocycles. The number of hydrogen-bond donors (Lipinski definition) is 0. The molecular formula is C81H62BN5O2. The van der Waals surface area contributed by atoms with Crippen molar-refractivity contribution in [3.8, 4) is 17.2 Å². The van der Waals surface area contributed by atoms with E-state index in [1.807, 2.05) is 36.4 Å². The van der Waals surface area contributed by atoms with Gasteiger partial charge in [0, 0.05) is 89.8 Å². The molecule has 4 heterocycles. The maximum Gasteiger partial charge on any atom is 0.252 e. The summed E-state index contributed by atoms with van der Waals surface area (Å²) in [7, 11) is 0. The molecule has 7 nitrogen and oxygen atoms in total. The van der Waals surface area contributed by atoms with Gasteiger partial charge in [0.05, 0.1) is 11.6 Å². The van der Waals surface area contributed by atoms with Gasteiger partial charge in [-0.1, -0.05) is 157 Å². The van der Waals surface area contributed by atoms with Crippen LogP contribution in [0.1, 0.15) is 58.2 Å². The first kappa shape index (κ1) is 53.5. The topological polar surface area (TPSA) is 63.0 Å². The fourth-order valence-electron chi connectivity index (χ4n) is 13.7. The quantitative estimate of drug-likeness (QED) is 0.133. The number of anilines is 12. The largest absolute Gasteiger partial charge is 0.456 e. The maximum absolute atomic E-state index is 10.0. The molecule has 0 atom stereocenters. The van der Waals surface area contributed by atoms with Gasteiger partial charge >= 0.3 is 0 Å². The normalized spacial score (nSPS) is 12.8. The number of para-hydroxylation sites is 5. The van der Waals surface area contributed by atoms with Crippen LogP contribution in [0.15, 0.2) is 276 Å². The van der Waals surface area contributed by atoms with E-state index >= 15 is 0 Å². The second-order valence-corrected chi connectivity index (χ2v) is 25.7. The van der Waals surface area contributed by atoms with Gasteiger partial charge in [0.2, 0.25) is 0 Å². The van der Waals surface area contributed by atoms with E-state index in [0.29, 0.717) is 5.56 Å². The third kappa shape index (κ3) is 8.95. The number of benzene rings is 12. The molecule has 0 unspecified atom stereocenters. The summed E-state index contributed by atoms with van der Waals surface area (Å²) in [6.07, 6.45) is 0. The number of hydrogen-bond acceptors (Lipinski definition) is 7. The Morgan fingerprint density at radius 3 is 1.31 bits per heavy atom. The Balaban J connectivity index is 1.02. The summed E-state index contributed by atoms with van der Waals surface area (Å²) in [5.74, 6) is 0. The molecule has 0 radical (unpaired) electrons. The molecule has 0 N–H and O–H groups in total. The molecular weight excluding hydrogens is 1090 g/mol. The Bertz CT molecular complexity index is 5060. The summed E-state index contributed by atoms with van der Waals surface area (Å²) >= 11 is 0. The Labute approximate surface area is 519 Å². The lowest BCUT2D eigenvalue weighted by Crippen LogP contribution is -2.61. The Morgan fingerprint density at radius 1 is 0.360 bits per heavy atom. The molecule has 0 amide bonds. The number of fused-ring (bicyclic) bond motifs is 11. The summed E-state index contributed by atoms with van der Waals surface area (Å²) in [6.45, 7) is 13.7. The van der Waals surface area contributed by atoms with Crippen molar-refractivity contribution in [3.05, 3.63) is 284 Å². The van der Waals surface area contributed by atoms with Gasteiger partial charge in [-0.15, -0.1) is 0 Å². The molecule has 0 saturated carbocycles. The van der Waals surface area contributed by atoms with Crippen molar-refractivity contribution >= 4 is 135 Å². The van der Waals surface area contributed by atoms with Gasteiger partial charge in [0.1, 0.15) is 22.3 Å². The van der Waals surface area contributed by atoms with Crippen molar-refractivity contribution in [2.75, 3.05) is 19.6 Å². The Kier molecular flexibility index (Phi) is 12.4. The van der Waals surface area contributed by atoms with Gasteiger partial charge in [-0.25, -0.2) is 0 Å². The number of rotatable bonds is 9. The van der Waals surface area contributed by atoms with E-state index in [-0.39, 0.29) is 17.5 Å². The van der Waals surface area contributed by atoms with Gasteiger partial charge in [0.15, 0.2) is 0 Å². The Hall–Kier alpha value is -11.0. The first-order valence-electron chi connectivity index (χ1n) is 30.6. The predicted octanol–water partition coefficient (Wildman–Crippen LogP) is 20.6. The fraction of sp³-hybridized carbons (Fsp3) is 0.0988. The van der Waals surface area contributed by atoms with E-state index in [1.165, 1.54) is 27.5 Å². The molecule has 0 spiro atoms. The third-order valence-electron chi connectivity index (χ3n) is 18.1. The molecule has 89 heavy (non-hydrogen) atoms. The van der Waals surface area contributed by atoms with Crippen LogP contribution in [0.3, 0.4) is 0 Å². The predicted molar refractivity (Wildman–Crippen MR) is 372 cm³/mol. The number of nitriles is 1. The molecule has 0 bridgehead atoms. The highest BCUT2D eigenvalue weighted by Crippen LogP contribution is 2.51. The molecule has 0 aliphatic carbocycles. The molecule has 2 aliphatic rings. The summed E-state index contributed by atoms with van der Waals surface area (Å²) in [6, 6.07) is 98.6. The van der Waals surface area contributed by atoms with Crippen LogP contribution in [0.4, 0.5) is 68.2 Å². The van der Waals surface area contributed by atoms with Crippen LogP contribution in [0.5, 0.6) is 0 Å². The highest BCUT2D eigenvalue weighted by Gasteiger charge is 2.45. The van der Waals surface area contributed by atoms with Crippen molar-refractivity contribution in [1.82, 2.24) is 0 Å². The molecule has 0 saturated heterocycles. The molecule has 2 aliphatic heterocycles. The van der Waals surface area contributed by atoms with Crippen LogP contribution in [-0.2, 0) is 10.8 Å². The maximum atomic E-state index is 10.0. The van der Waals surface area contributed by atoms with E-state index in [0.717, 1.165) is 123 Å². The van der Waals surface area contributed by atoms with E-state index in [1.54, 1.807) is 0 Å². The zero-order valence-electron chi connectivity index (χ0n) is 50.5. The minimum Gasteiger partial charge on any atom is -0.456 e. The first-order valence-corrected chi connectivity index (χ1v) is 30.6. The van der Waals surface area contributed by atoms with Gasteiger partial charge in [-0.3, -0.25) is 0 Å². The van der Waals surface area contributed by atoms with Crippen molar-refractivity contribution in [1.29, 1.82) is 5.26 Å². The highest BCUT2D eigenvalue weighted by atomic mass is 16.3. The standard InChI is InChI=1S/C81H62BN5O2/c1-80(2,3)55-46-56(81(4,5)6)48-64(47-55)87-70-50-63(85(59-25-15-9-16-26-59)61-34-31-52(51-83)32-35-61)37-39-68(70)82-67-38-36-62(84(57-21-11-7-12-22-57)58-23-13-8-14-24-58)49-69(67)86(60-27-17-10-18-28-60)71-44-54(45-72(87)79(71)82)53-33-40-74-66(43-53)78-76(89-74)42-41-75-77(78)65-29-19-20-30-73(65)88-75/h7-50H,1-6H3. The van der Waals surface area contributed by atoms with Crippen LogP contribution in [0, 0.1) is 11.3 Å². The molecule has 426 valence electrons. The summed E-state index contributed by atoms with van der Waals surface area (Å²) in [4.78, 5) is 9.77. The van der Waals surface area contributed by atoms with Crippen molar-refractivity contribution in [2.45, 2.75) is 52.4 Å². The van der Waals surface area contributed by atoms with E-state index in [9.17, 15) is 5.26 Å². The molecule has 8 heteroatoms. The van der Waals surface area contributed by atoms with Crippen molar-refractivity contribution in [2.24, 2.45) is 0 Å². The molecule has 14 aromatic rings. The van der Waals surface area contributed by atoms with Gasteiger partial charge in [-0.2, -0.15) is 5.26 Å². The van der Waals surface area contributed by atoms with E-state index in [4.69, 9.17) is 8.83 Å². The van der Waals surface area contributed by atoms with Crippen LogP contribution < -0.4 is 36.0 Å². The zero-order chi connectivity index (χ0) is 60.3. The number of furan rings is 2. The van der Waals surface area contributed by atoms with Gasteiger partial charge in [-0.05, 0) is 201 Å². The fourth-order valence-corrected chi connectivity index (χ4v) is 13.7. The van der Waals surface area contributed by atoms with Crippen LogP contribution in [0.25, 0.3) is 55.0 Å². The second kappa shape index (κ2) is 20.6. The van der Waals surface area contributed by atoms with Crippen molar-refractivity contribution in [3.63, 3.8) is 0 Å². The molecule has 12 aromatic carbocycles. The SMILES string of the molecule is CC(C)(C)c1cc(N2c3cc(N(c4ccccc4)c4ccc(C#N)cc4)ccc3B3c4ccc(N(c5ccccc5)c5ccccc5)cc4N(c4ccccc4)c4cc(-c5ccc6oc7ccc8oc9ccccc9c8c7c6c5)cc2c43)cc(C(C)(C)C)c1. The first-order chi connectivity index (χ1) is 43.3. The molecule has 0 fully saturated rings. The lowest BCUT2D eigenvalue weighted by Gasteiger charge is -2.45. The monoisotopic (exact) mass is 1150 g/mol. The zero-order valence-corrected chi connectivity index (χ0v) is 50.5. The van der Waals surface area contributed by atoms with Gasteiger partial charge in [0.25, 0.3) is 6.71 Å². The van der Waals surface area contributed by atoms with Crippen molar-refractivity contribution < 1.29 is 8.83 Å². The van der Waals surface area contributed by atoms with E-state index < -0.39 is 0 Å². The van der Waals surface area contributed by atoms with Crippen LogP contribution in [-0.4, -0.2) is 6.71 Å². The lowest BCUT2D eigenvalue weighted by atomic mass is 9.33. The highest BCUT2D eigenvalue weighted by molar-refractivity contribution is 7.00. The minimum absolute atomic E-state index is 0.178.